The van der Waals surface area contributed by atoms with Crippen LogP contribution in [0.2, 0.25) is 0 Å². The van der Waals surface area contributed by atoms with E-state index in [0.29, 0.717) is 11.3 Å². The van der Waals surface area contributed by atoms with E-state index in [1.54, 1.807) is 31.2 Å². The Labute approximate surface area is 104 Å². The molecular weight excluding hydrogens is 230 g/mol. The van der Waals surface area contributed by atoms with Gasteiger partial charge in [-0.15, -0.1) is 0 Å². The van der Waals surface area contributed by atoms with E-state index in [1.807, 2.05) is 6.07 Å². The number of hydrogen-bond acceptors (Lipinski definition) is 4. The molecule has 0 aliphatic rings. The van der Waals surface area contributed by atoms with Crippen molar-refractivity contribution in [2.24, 2.45) is 0 Å². The Bertz CT molecular complexity index is 585. The molecule has 2 aromatic rings. The van der Waals surface area contributed by atoms with E-state index in [0.717, 1.165) is 0 Å². The van der Waals surface area contributed by atoms with Crippen LogP contribution in [0.1, 0.15) is 18.5 Å². The van der Waals surface area contributed by atoms with E-state index in [1.165, 1.54) is 17.3 Å². The zero-order valence-electron chi connectivity index (χ0n) is 9.74. The van der Waals surface area contributed by atoms with Crippen molar-refractivity contribution in [3.63, 3.8) is 0 Å². The molecule has 1 heterocycles. The van der Waals surface area contributed by atoms with Gasteiger partial charge in [-0.2, -0.15) is 10.4 Å². The van der Waals surface area contributed by atoms with Crippen molar-refractivity contribution in [2.45, 2.75) is 13.0 Å². The first kappa shape index (κ1) is 11.8. The first-order chi connectivity index (χ1) is 8.72. The van der Waals surface area contributed by atoms with Gasteiger partial charge in [0.05, 0.1) is 11.3 Å². The first-order valence-corrected chi connectivity index (χ1v) is 5.36. The third kappa shape index (κ3) is 2.35. The van der Waals surface area contributed by atoms with Gasteiger partial charge in [0, 0.05) is 0 Å². The molecule has 6 heteroatoms. The summed E-state index contributed by atoms with van der Waals surface area (Å²) in [6.07, 6.45) is 2.84. The highest BCUT2D eigenvalue weighted by atomic mass is 16.2. The summed E-state index contributed by atoms with van der Waals surface area (Å²) < 4.78 is 1.45. The van der Waals surface area contributed by atoms with E-state index in [2.05, 4.69) is 15.4 Å². The standard InChI is InChI=1S/C12H11N5O/c1-9(17-8-14-7-15-17)12(18)16-11-5-3-2-4-10(11)6-13/h2-5,7-9H,1H3,(H,16,18). The summed E-state index contributed by atoms with van der Waals surface area (Å²) in [4.78, 5) is 15.8. The number of para-hydroxylation sites is 1. The van der Waals surface area contributed by atoms with E-state index in [-0.39, 0.29) is 5.91 Å². The smallest absolute Gasteiger partial charge is 0.249 e. The van der Waals surface area contributed by atoms with Gasteiger partial charge in [0.15, 0.2) is 0 Å². The molecule has 0 radical (unpaired) electrons. The number of amides is 1. The number of benzene rings is 1. The van der Waals surface area contributed by atoms with Gasteiger partial charge in [-0.05, 0) is 19.1 Å². The van der Waals surface area contributed by atoms with E-state index < -0.39 is 6.04 Å². The van der Waals surface area contributed by atoms with Crippen LogP contribution in [-0.2, 0) is 4.79 Å². The summed E-state index contributed by atoms with van der Waals surface area (Å²) in [5.74, 6) is -0.247. The zero-order valence-corrected chi connectivity index (χ0v) is 9.74. The van der Waals surface area contributed by atoms with Crippen LogP contribution in [0.15, 0.2) is 36.9 Å². The second-order valence-corrected chi connectivity index (χ2v) is 3.70. The maximum Gasteiger partial charge on any atom is 0.249 e. The molecule has 1 aromatic heterocycles. The predicted molar refractivity (Wildman–Crippen MR) is 64.5 cm³/mol. The predicted octanol–water partition coefficient (Wildman–Crippen LogP) is 1.35. The van der Waals surface area contributed by atoms with Crippen LogP contribution >= 0.6 is 0 Å². The van der Waals surface area contributed by atoms with Gasteiger partial charge < -0.3 is 5.32 Å². The molecule has 1 amide bonds. The number of nitrogens with one attached hydrogen (secondary N) is 1. The van der Waals surface area contributed by atoms with Gasteiger partial charge in [0.1, 0.15) is 24.8 Å². The van der Waals surface area contributed by atoms with Crippen LogP contribution in [0.3, 0.4) is 0 Å². The molecule has 6 nitrogen and oxygen atoms in total. The minimum absolute atomic E-state index is 0.247. The molecule has 1 unspecified atom stereocenters. The van der Waals surface area contributed by atoms with Gasteiger partial charge in [0.2, 0.25) is 5.91 Å². The molecule has 18 heavy (non-hydrogen) atoms. The Morgan fingerprint density at radius 2 is 2.28 bits per heavy atom. The Hall–Kier alpha value is -2.68. The second-order valence-electron chi connectivity index (χ2n) is 3.70. The van der Waals surface area contributed by atoms with Crippen molar-refractivity contribution in [1.82, 2.24) is 14.8 Å². The Kier molecular flexibility index (Phi) is 3.34. The van der Waals surface area contributed by atoms with Crippen molar-refractivity contribution in [3.8, 4) is 6.07 Å². The first-order valence-electron chi connectivity index (χ1n) is 5.36. The van der Waals surface area contributed by atoms with Crippen LogP contribution in [0.5, 0.6) is 0 Å². The van der Waals surface area contributed by atoms with Crippen LogP contribution in [0.25, 0.3) is 0 Å². The van der Waals surface area contributed by atoms with Crippen molar-refractivity contribution in [3.05, 3.63) is 42.5 Å². The minimum Gasteiger partial charge on any atom is -0.323 e. The van der Waals surface area contributed by atoms with Crippen LogP contribution < -0.4 is 5.32 Å². The molecule has 0 fully saturated rings. The van der Waals surface area contributed by atoms with Crippen molar-refractivity contribution < 1.29 is 4.79 Å². The van der Waals surface area contributed by atoms with E-state index >= 15 is 0 Å². The second kappa shape index (κ2) is 5.10. The summed E-state index contributed by atoms with van der Waals surface area (Å²) in [5.41, 5.74) is 0.925. The Balaban J connectivity index is 2.15. The van der Waals surface area contributed by atoms with Crippen LogP contribution in [0.4, 0.5) is 5.69 Å². The minimum atomic E-state index is -0.487. The number of nitriles is 1. The lowest BCUT2D eigenvalue weighted by Crippen LogP contribution is -2.24. The normalized spacial score (nSPS) is 11.6. The average molecular weight is 241 g/mol. The van der Waals surface area contributed by atoms with Gasteiger partial charge in [0.25, 0.3) is 0 Å². The molecule has 1 aromatic carbocycles. The van der Waals surface area contributed by atoms with Crippen LogP contribution in [-0.4, -0.2) is 20.7 Å². The number of hydrogen-bond donors (Lipinski definition) is 1. The summed E-state index contributed by atoms with van der Waals surface area (Å²) in [7, 11) is 0. The van der Waals surface area contributed by atoms with Crippen molar-refractivity contribution >= 4 is 11.6 Å². The number of anilines is 1. The fourth-order valence-electron chi connectivity index (χ4n) is 1.46. The lowest BCUT2D eigenvalue weighted by molar-refractivity contribution is -0.119. The van der Waals surface area contributed by atoms with Crippen LogP contribution in [0, 0.1) is 11.3 Å². The number of carbonyl (C=O) groups excluding carboxylic acids is 1. The molecule has 1 atom stereocenters. The SMILES string of the molecule is CC(C(=O)Nc1ccccc1C#N)n1cncn1. The highest BCUT2D eigenvalue weighted by molar-refractivity contribution is 5.94. The molecule has 90 valence electrons. The van der Waals surface area contributed by atoms with Gasteiger partial charge in [-0.3, -0.25) is 4.79 Å². The average Bonchev–Trinajstić information content (AvgIpc) is 2.92. The van der Waals surface area contributed by atoms with Gasteiger partial charge in [-0.1, -0.05) is 12.1 Å². The number of nitrogens with zero attached hydrogens (tertiary/aromatic N) is 4. The molecule has 0 spiro atoms. The largest absolute Gasteiger partial charge is 0.323 e. The molecule has 0 aliphatic carbocycles. The van der Waals surface area contributed by atoms with Crippen molar-refractivity contribution in [2.75, 3.05) is 5.32 Å². The Morgan fingerprint density at radius 3 is 2.94 bits per heavy atom. The quantitative estimate of drug-likeness (QED) is 0.879. The molecule has 0 aliphatic heterocycles. The monoisotopic (exact) mass is 241 g/mol. The third-order valence-corrected chi connectivity index (χ3v) is 2.52. The van der Waals surface area contributed by atoms with E-state index in [4.69, 9.17) is 5.26 Å². The molecule has 2 rings (SSSR count). The topological polar surface area (TPSA) is 83.6 Å². The lowest BCUT2D eigenvalue weighted by atomic mass is 10.2. The maximum absolute atomic E-state index is 12.0. The van der Waals surface area contributed by atoms with Crippen molar-refractivity contribution in [1.29, 1.82) is 5.26 Å². The summed E-state index contributed by atoms with van der Waals surface area (Å²) >= 11 is 0. The fourth-order valence-corrected chi connectivity index (χ4v) is 1.46. The van der Waals surface area contributed by atoms with E-state index in [9.17, 15) is 4.79 Å². The number of aromatic nitrogens is 3. The summed E-state index contributed by atoms with van der Waals surface area (Å²) in [6.45, 7) is 1.71. The number of rotatable bonds is 3. The summed E-state index contributed by atoms with van der Waals surface area (Å²) in [6, 6.07) is 8.38. The van der Waals surface area contributed by atoms with Gasteiger partial charge >= 0.3 is 0 Å². The summed E-state index contributed by atoms with van der Waals surface area (Å²) in [5, 5.41) is 15.5. The fraction of sp³-hybridized carbons (Fsp3) is 0.167. The number of carbonyl (C=O) groups is 1. The van der Waals surface area contributed by atoms with Gasteiger partial charge in [-0.25, -0.2) is 9.67 Å². The third-order valence-electron chi connectivity index (χ3n) is 2.52. The molecule has 0 saturated heterocycles. The maximum atomic E-state index is 12.0. The molecule has 0 bridgehead atoms. The Morgan fingerprint density at radius 1 is 1.50 bits per heavy atom. The lowest BCUT2D eigenvalue weighted by Gasteiger charge is -2.12. The zero-order chi connectivity index (χ0) is 13.0. The highest BCUT2D eigenvalue weighted by Crippen LogP contribution is 2.15. The molecule has 0 saturated carbocycles. The molecule has 1 N–H and O–H groups in total. The highest BCUT2D eigenvalue weighted by Gasteiger charge is 2.16. The molecular formula is C12H11N5O.